The predicted octanol–water partition coefficient (Wildman–Crippen LogP) is -0.0321. The van der Waals surface area contributed by atoms with E-state index in [-0.39, 0.29) is 54.2 Å². The van der Waals surface area contributed by atoms with Crippen molar-refractivity contribution in [1.82, 2.24) is 52.8 Å². The number of hydrogen-bond acceptors (Lipinski definition) is 13. The molecule has 1 unspecified atom stereocenters. The molecule has 68 heavy (non-hydrogen) atoms. The van der Waals surface area contributed by atoms with Gasteiger partial charge in [-0.15, -0.1) is 23.5 Å². The van der Waals surface area contributed by atoms with E-state index in [1.807, 2.05) is 45.9 Å². The van der Waals surface area contributed by atoms with E-state index >= 15 is 0 Å². The molecule has 3 fully saturated rings. The van der Waals surface area contributed by atoms with E-state index in [0.29, 0.717) is 36.3 Å². The molecule has 0 radical (unpaired) electrons. The lowest BCUT2D eigenvalue weighted by Crippen LogP contribution is -2.63. The van der Waals surface area contributed by atoms with E-state index in [0.717, 1.165) is 0 Å². The largest absolute Gasteiger partial charge is 0.359 e. The van der Waals surface area contributed by atoms with Crippen LogP contribution in [0, 0.1) is 35.0 Å². The maximum atomic E-state index is 14.4. The second-order valence-corrected chi connectivity index (χ2v) is 20.4. The lowest BCUT2D eigenvalue weighted by molar-refractivity contribution is -0.155. The Labute approximate surface area is 406 Å². The Morgan fingerprint density at radius 2 is 1.50 bits per heavy atom. The summed E-state index contributed by atoms with van der Waals surface area (Å²) in [6.07, 6.45) is 1.24. The average Bonchev–Trinajstić information content (AvgIpc) is 3.37. The molecule has 0 aliphatic carbocycles. The number of aliphatic hydroxyl groups is 1. The minimum absolute atomic E-state index is 0.0688. The molecule has 7 amide bonds. The number of nitrogens with zero attached hydrogens (tertiary/aromatic N) is 1. The van der Waals surface area contributed by atoms with Crippen LogP contribution in [-0.2, 0) is 39.3 Å². The van der Waals surface area contributed by atoms with E-state index < -0.39 is 70.0 Å². The van der Waals surface area contributed by atoms with Crippen molar-refractivity contribution in [2.75, 3.05) is 45.2 Å². The summed E-state index contributed by atoms with van der Waals surface area (Å²) >= 11 is 2.98. The topological polar surface area (TPSA) is 251 Å². The third-order valence-electron chi connectivity index (χ3n) is 12.0. The molecule has 2 aromatic carbocycles. The van der Waals surface area contributed by atoms with Crippen LogP contribution in [0.15, 0.2) is 60.7 Å². The van der Waals surface area contributed by atoms with Crippen molar-refractivity contribution in [3.8, 4) is 23.7 Å². The number of carbonyl (C=O) groups is 7. The highest BCUT2D eigenvalue weighted by Gasteiger charge is 2.56. The van der Waals surface area contributed by atoms with E-state index in [9.17, 15) is 38.7 Å². The van der Waals surface area contributed by atoms with Crippen molar-refractivity contribution in [2.45, 2.75) is 100 Å². The second-order valence-electron chi connectivity index (χ2n) is 17.8. The average molecular weight is 973 g/mol. The highest BCUT2D eigenvalue weighted by molar-refractivity contribution is 8.00. The van der Waals surface area contributed by atoms with Gasteiger partial charge in [0.2, 0.25) is 41.2 Å². The zero-order chi connectivity index (χ0) is 49.6. The fraction of sp³-hybridized carbons (Fsp3) is 0.521. The van der Waals surface area contributed by atoms with Gasteiger partial charge in [0.1, 0.15) is 29.2 Å². The fourth-order valence-corrected chi connectivity index (χ4v) is 11.1. The molecule has 3 aliphatic rings. The molecule has 0 spiro atoms. The van der Waals surface area contributed by atoms with Gasteiger partial charge in [-0.05, 0) is 80.5 Å². The SMILES string of the molecule is CNCC(=O)N[C@H]1CCSC(N[C@H](C(=O)NCC#CC#CCNC(=O)[C@](O)(NC(=O)[C@H]2N3C(=O)[C@@H](NC(=O)[C@H](C)NC)CCS[C@H]3CC2(C)C)c2ccccc2)c2ccccc2)(C(C)C)NC1=O. The first-order chi connectivity index (χ1) is 32.4. The summed E-state index contributed by atoms with van der Waals surface area (Å²) in [7, 11) is 3.29. The van der Waals surface area contributed by atoms with Gasteiger partial charge in [-0.25, -0.2) is 0 Å². The third-order valence-corrected chi connectivity index (χ3v) is 14.9. The maximum Gasteiger partial charge on any atom is 0.278 e. The van der Waals surface area contributed by atoms with Crippen LogP contribution in [0.2, 0.25) is 0 Å². The van der Waals surface area contributed by atoms with Gasteiger partial charge in [0.25, 0.3) is 5.91 Å². The number of rotatable bonds is 17. The minimum Gasteiger partial charge on any atom is -0.359 e. The molecule has 18 nitrogen and oxygen atoms in total. The molecule has 2 aromatic rings. The molecule has 3 aliphatic heterocycles. The molecular weight excluding hydrogens is 909 g/mol. The third kappa shape index (κ3) is 13.1. The van der Waals surface area contributed by atoms with Gasteiger partial charge in [0.15, 0.2) is 0 Å². The van der Waals surface area contributed by atoms with Crippen molar-refractivity contribution in [3.63, 3.8) is 0 Å². The number of benzene rings is 2. The Balaban J connectivity index is 1.24. The summed E-state index contributed by atoms with van der Waals surface area (Å²) in [5.41, 5.74) is -2.61. The van der Waals surface area contributed by atoms with Gasteiger partial charge in [0, 0.05) is 5.56 Å². The van der Waals surface area contributed by atoms with Gasteiger partial charge in [0.05, 0.1) is 31.0 Å². The predicted molar refractivity (Wildman–Crippen MR) is 261 cm³/mol. The number of hydrogen-bond donors (Lipinski definition) is 10. The van der Waals surface area contributed by atoms with Gasteiger partial charge in [-0.1, -0.05) is 100 Å². The van der Waals surface area contributed by atoms with Crippen molar-refractivity contribution in [3.05, 3.63) is 71.8 Å². The molecule has 0 bridgehead atoms. The monoisotopic (exact) mass is 972 g/mol. The van der Waals surface area contributed by atoms with Crippen LogP contribution < -0.4 is 47.9 Å². The fourth-order valence-electron chi connectivity index (χ4n) is 8.16. The summed E-state index contributed by atoms with van der Waals surface area (Å²) in [6.45, 7) is 8.96. The smallest absolute Gasteiger partial charge is 0.278 e. The molecule has 8 atom stereocenters. The Kier molecular flexibility index (Phi) is 18.9. The molecule has 0 saturated carbocycles. The number of nitrogens with one attached hydrogen (secondary N) is 9. The van der Waals surface area contributed by atoms with Crippen LogP contribution in [0.25, 0.3) is 0 Å². The minimum atomic E-state index is -2.57. The van der Waals surface area contributed by atoms with Crippen LogP contribution in [0.1, 0.15) is 71.0 Å². The van der Waals surface area contributed by atoms with E-state index in [4.69, 9.17) is 0 Å². The zero-order valence-corrected chi connectivity index (χ0v) is 41.2. The van der Waals surface area contributed by atoms with Gasteiger partial charge >= 0.3 is 0 Å². The summed E-state index contributed by atoms with van der Waals surface area (Å²) < 4.78 is 0. The number of fused-ring (bicyclic) bond motifs is 1. The Bertz CT molecular complexity index is 2280. The van der Waals surface area contributed by atoms with Crippen molar-refractivity contribution in [2.24, 2.45) is 11.3 Å². The number of likely N-dealkylation sites (N-methyl/N-ethyl adjacent to an activating group) is 2. The van der Waals surface area contributed by atoms with Crippen LogP contribution in [0.3, 0.4) is 0 Å². The molecule has 5 rings (SSSR count). The lowest BCUT2D eigenvalue weighted by atomic mass is 9.83. The summed E-state index contributed by atoms with van der Waals surface area (Å²) in [5, 5.41) is 37.3. The van der Waals surface area contributed by atoms with Gasteiger partial charge in [-0.3, -0.25) is 38.9 Å². The number of amides is 7. The van der Waals surface area contributed by atoms with Crippen LogP contribution in [0.4, 0.5) is 0 Å². The van der Waals surface area contributed by atoms with E-state index in [1.54, 1.807) is 51.4 Å². The molecule has 3 saturated heterocycles. The van der Waals surface area contributed by atoms with Crippen molar-refractivity contribution >= 4 is 64.9 Å². The van der Waals surface area contributed by atoms with Gasteiger partial charge < -0.3 is 52.5 Å². The van der Waals surface area contributed by atoms with E-state index in [1.165, 1.54) is 40.6 Å². The van der Waals surface area contributed by atoms with Crippen LogP contribution in [-0.4, -0.2) is 131 Å². The molecule has 3 heterocycles. The molecule has 20 heteroatoms. The van der Waals surface area contributed by atoms with E-state index in [2.05, 4.69) is 71.5 Å². The standard InChI is InChI=1S/C48H64N10O8S2/c1-30(2)48(57-41(61)34(23-27-68-48)53-36(59)29-49-6)55-38(32-18-12-10-13-19-32)42(62)51-24-16-8-9-17-25-52-45(65)47(66,33-20-14-11-15-21-33)56-43(63)39-46(4,5)28-37-58(39)44(64)35(22-26-67-37)54-40(60)31(3)50-7/h10-15,18-21,30-31,34-35,37-39,49-50,55,66H,22-29H2,1-7H3,(H,51,62)(H,52,65)(H,53,59)(H,54,60)(H,56,63)(H,57,61)/t31-,34-,35-,37-,38-,39+,47-,48?/m0/s1. The first-order valence-electron chi connectivity index (χ1n) is 22.6. The Morgan fingerprint density at radius 3 is 2.13 bits per heavy atom. The molecular formula is C48H64N10O8S2. The highest BCUT2D eigenvalue weighted by Crippen LogP contribution is 2.46. The number of carbonyl (C=O) groups excluding carboxylic acids is 7. The molecule has 0 aromatic heterocycles. The van der Waals surface area contributed by atoms with Crippen molar-refractivity contribution in [1.29, 1.82) is 0 Å². The first kappa shape index (κ1) is 53.3. The lowest BCUT2D eigenvalue weighted by Gasteiger charge is -2.40. The zero-order valence-electron chi connectivity index (χ0n) is 39.5. The molecule has 366 valence electrons. The maximum absolute atomic E-state index is 14.4. The van der Waals surface area contributed by atoms with Crippen LogP contribution in [0.5, 0.6) is 0 Å². The summed E-state index contributed by atoms with van der Waals surface area (Å²) in [6, 6.07) is 12.8. The summed E-state index contributed by atoms with van der Waals surface area (Å²) in [4.78, 5) is 95.1. The molecule has 10 N–H and O–H groups in total. The quantitative estimate of drug-likeness (QED) is 0.0740. The Hall–Kier alpha value is -5.61. The Morgan fingerprint density at radius 1 is 0.868 bits per heavy atom. The number of thioether (sulfide) groups is 2. The van der Waals surface area contributed by atoms with Crippen molar-refractivity contribution < 1.29 is 38.7 Å². The highest BCUT2D eigenvalue weighted by atomic mass is 32.2. The normalized spacial score (nSPS) is 23.8. The summed E-state index contributed by atoms with van der Waals surface area (Å²) in [5.74, 6) is 8.13. The van der Waals surface area contributed by atoms with Gasteiger partial charge in [-0.2, -0.15) is 0 Å². The first-order valence-corrected chi connectivity index (χ1v) is 24.7. The second kappa shape index (κ2) is 24.1. The van der Waals surface area contributed by atoms with Crippen LogP contribution >= 0.6 is 23.5 Å².